The highest BCUT2D eigenvalue weighted by molar-refractivity contribution is 6.37. The maximum Gasteiger partial charge on any atom is 0.260 e. The Labute approximate surface area is 224 Å². The lowest BCUT2D eigenvalue weighted by Crippen LogP contribution is -2.41. The van der Waals surface area contributed by atoms with E-state index in [-0.39, 0.29) is 5.91 Å². The van der Waals surface area contributed by atoms with E-state index < -0.39 is 0 Å². The van der Waals surface area contributed by atoms with Crippen LogP contribution >= 0.6 is 11.6 Å². The van der Waals surface area contributed by atoms with Crippen LogP contribution in [0.15, 0.2) is 102 Å². The van der Waals surface area contributed by atoms with Gasteiger partial charge in [0.25, 0.3) is 5.91 Å². The molecule has 3 aromatic rings. The Kier molecular flexibility index (Phi) is 9.92. The van der Waals surface area contributed by atoms with Crippen LogP contribution in [0.1, 0.15) is 39.0 Å². The van der Waals surface area contributed by atoms with Gasteiger partial charge in [0, 0.05) is 52.4 Å². The molecule has 0 radical (unpaired) electrons. The van der Waals surface area contributed by atoms with Crippen molar-refractivity contribution >= 4 is 28.9 Å². The molecule has 1 aliphatic rings. The number of likely N-dealkylation sites (N-methyl/N-ethyl adjacent to an activating group) is 1. The van der Waals surface area contributed by atoms with Gasteiger partial charge in [-0.3, -0.25) is 19.7 Å². The molecule has 0 unspecified atom stereocenters. The molecule has 7 heteroatoms. The summed E-state index contributed by atoms with van der Waals surface area (Å²) >= 11 is 6.67. The van der Waals surface area contributed by atoms with Crippen LogP contribution in [0.25, 0.3) is 16.7 Å². The van der Waals surface area contributed by atoms with Crippen LogP contribution in [-0.4, -0.2) is 33.2 Å². The fourth-order valence-electron chi connectivity index (χ4n) is 3.81. The normalized spacial score (nSPS) is 15.2. The van der Waals surface area contributed by atoms with Gasteiger partial charge in [0.2, 0.25) is 0 Å². The lowest BCUT2D eigenvalue weighted by molar-refractivity contribution is -0.121. The third kappa shape index (κ3) is 6.60. The number of benzene rings is 1. The van der Waals surface area contributed by atoms with Crippen molar-refractivity contribution in [3.8, 4) is 11.1 Å². The number of carbonyl (C=O) groups is 1. The van der Waals surface area contributed by atoms with Crippen LogP contribution in [0.2, 0.25) is 5.02 Å². The van der Waals surface area contributed by atoms with Gasteiger partial charge in [0.05, 0.1) is 12.2 Å². The standard InChI is InChI=1S/C28H26ClN5O.C2H6/c1-4-20-15-25(24-12-11-21(16-26(24)29)22-9-8-13-30-17-22)28(35)34(5-2)27(20)33-19(3)32-18-23-10-6-7-14-31-23;1-2/h4,6-17,32H,3,5,18H2,1-2H3;1-2H3/b20-4-,33-27+;. The Hall–Kier alpha value is -4.03. The molecule has 1 aromatic carbocycles. The van der Waals surface area contributed by atoms with E-state index in [1.807, 2.05) is 88.4 Å². The Balaban J connectivity index is 0.00000186. The van der Waals surface area contributed by atoms with E-state index in [1.165, 1.54) is 0 Å². The summed E-state index contributed by atoms with van der Waals surface area (Å²) in [5.41, 5.74) is 4.78. The molecule has 0 atom stereocenters. The monoisotopic (exact) mass is 513 g/mol. The molecule has 4 rings (SSSR count). The Morgan fingerprint density at radius 2 is 1.95 bits per heavy atom. The lowest BCUT2D eigenvalue weighted by atomic mass is 9.95. The summed E-state index contributed by atoms with van der Waals surface area (Å²) < 4.78 is 0. The van der Waals surface area contributed by atoms with Crippen LogP contribution < -0.4 is 5.32 Å². The Morgan fingerprint density at radius 1 is 1.14 bits per heavy atom. The van der Waals surface area contributed by atoms with E-state index in [9.17, 15) is 4.79 Å². The van der Waals surface area contributed by atoms with Crippen LogP contribution in [0, 0.1) is 0 Å². The van der Waals surface area contributed by atoms with Gasteiger partial charge in [0.1, 0.15) is 11.7 Å². The number of hydrogen-bond acceptors (Lipinski definition) is 5. The zero-order valence-electron chi connectivity index (χ0n) is 21.7. The Morgan fingerprint density at radius 3 is 2.57 bits per heavy atom. The number of pyridine rings is 2. The van der Waals surface area contributed by atoms with Gasteiger partial charge in [-0.1, -0.05) is 62.4 Å². The number of nitrogens with one attached hydrogen (secondary N) is 1. The SMILES string of the molecule is C=C(/N=C1\C(=C/C)C=C(c2ccc(-c3cccnc3)cc2Cl)C(=O)N1CC)NCc1ccccn1.CC. The van der Waals surface area contributed by atoms with E-state index in [0.717, 1.165) is 22.4 Å². The van der Waals surface area contributed by atoms with E-state index in [0.29, 0.717) is 40.9 Å². The van der Waals surface area contributed by atoms with Crippen LogP contribution in [0.4, 0.5) is 0 Å². The first-order valence-electron chi connectivity index (χ1n) is 12.3. The smallest absolute Gasteiger partial charge is 0.260 e. The van der Waals surface area contributed by atoms with Crippen LogP contribution in [0.3, 0.4) is 0 Å². The molecule has 0 saturated heterocycles. The highest BCUT2D eigenvalue weighted by atomic mass is 35.5. The zero-order valence-corrected chi connectivity index (χ0v) is 22.5. The number of halogens is 1. The molecule has 1 N–H and O–H groups in total. The number of aliphatic imine (C=N–C) groups is 1. The molecule has 0 bridgehead atoms. The van der Waals surface area contributed by atoms with Crippen molar-refractivity contribution in [3.63, 3.8) is 0 Å². The summed E-state index contributed by atoms with van der Waals surface area (Å²) in [4.78, 5) is 28.3. The van der Waals surface area contributed by atoms with Crippen molar-refractivity contribution in [3.05, 3.63) is 114 Å². The van der Waals surface area contributed by atoms with Crippen LogP contribution in [-0.2, 0) is 11.3 Å². The van der Waals surface area contributed by atoms with E-state index in [4.69, 9.17) is 11.6 Å². The molecule has 37 heavy (non-hydrogen) atoms. The predicted molar refractivity (Wildman–Crippen MR) is 153 cm³/mol. The minimum Gasteiger partial charge on any atom is -0.365 e. The molecular weight excluding hydrogens is 482 g/mol. The van der Waals surface area contributed by atoms with Gasteiger partial charge in [0.15, 0.2) is 0 Å². The van der Waals surface area contributed by atoms with Gasteiger partial charge in [-0.15, -0.1) is 0 Å². The summed E-state index contributed by atoms with van der Waals surface area (Å²) in [6.07, 6.45) is 9.01. The number of amidine groups is 1. The van der Waals surface area contributed by atoms with E-state index in [1.54, 1.807) is 23.5 Å². The molecule has 0 aliphatic carbocycles. The number of hydrogen-bond donors (Lipinski definition) is 1. The number of carbonyl (C=O) groups excluding carboxylic acids is 1. The van der Waals surface area contributed by atoms with Crippen molar-refractivity contribution in [1.82, 2.24) is 20.2 Å². The second kappa shape index (κ2) is 13.3. The minimum absolute atomic E-state index is 0.162. The molecule has 1 amide bonds. The molecule has 0 saturated carbocycles. The number of aromatic nitrogens is 2. The predicted octanol–water partition coefficient (Wildman–Crippen LogP) is 6.67. The lowest BCUT2D eigenvalue weighted by Gasteiger charge is -2.30. The Bertz CT molecular complexity index is 1330. The summed E-state index contributed by atoms with van der Waals surface area (Å²) in [5, 5.41) is 3.67. The van der Waals surface area contributed by atoms with Crippen molar-refractivity contribution in [2.24, 2.45) is 4.99 Å². The number of allylic oxidation sites excluding steroid dienone is 1. The average Bonchev–Trinajstić information content (AvgIpc) is 2.94. The van der Waals surface area contributed by atoms with Crippen LogP contribution in [0.5, 0.6) is 0 Å². The molecule has 190 valence electrons. The highest BCUT2D eigenvalue weighted by Gasteiger charge is 2.30. The summed E-state index contributed by atoms with van der Waals surface area (Å²) in [6, 6.07) is 15.3. The third-order valence-electron chi connectivity index (χ3n) is 5.61. The molecule has 0 fully saturated rings. The van der Waals surface area contributed by atoms with Crippen molar-refractivity contribution in [2.75, 3.05) is 6.54 Å². The molecule has 2 aromatic heterocycles. The molecule has 0 spiro atoms. The van der Waals surface area contributed by atoms with E-state index >= 15 is 0 Å². The van der Waals surface area contributed by atoms with Crippen molar-refractivity contribution in [2.45, 2.75) is 34.2 Å². The number of amides is 1. The average molecular weight is 514 g/mol. The van der Waals surface area contributed by atoms with Crippen molar-refractivity contribution < 1.29 is 4.79 Å². The molecule has 3 heterocycles. The van der Waals surface area contributed by atoms with Gasteiger partial charge in [-0.2, -0.15) is 0 Å². The topological polar surface area (TPSA) is 70.5 Å². The maximum absolute atomic E-state index is 13.5. The molecular formula is C30H32ClN5O. The fraction of sp³-hybridized carbons (Fsp3) is 0.200. The summed E-state index contributed by atoms with van der Waals surface area (Å²) in [7, 11) is 0. The zero-order chi connectivity index (χ0) is 26.8. The first kappa shape index (κ1) is 27.6. The van der Waals surface area contributed by atoms with Crippen molar-refractivity contribution in [1.29, 1.82) is 0 Å². The highest BCUT2D eigenvalue weighted by Crippen LogP contribution is 2.33. The fourth-order valence-corrected chi connectivity index (χ4v) is 4.09. The number of rotatable bonds is 7. The number of nitrogens with zero attached hydrogens (tertiary/aromatic N) is 4. The summed E-state index contributed by atoms with van der Waals surface area (Å²) in [5.74, 6) is 0.836. The van der Waals surface area contributed by atoms with E-state index in [2.05, 4.69) is 26.9 Å². The maximum atomic E-state index is 13.5. The molecule has 6 nitrogen and oxygen atoms in total. The van der Waals surface area contributed by atoms with Gasteiger partial charge >= 0.3 is 0 Å². The first-order valence-corrected chi connectivity index (χ1v) is 12.7. The van der Waals surface area contributed by atoms with Gasteiger partial charge in [-0.25, -0.2) is 4.99 Å². The molecule has 1 aliphatic heterocycles. The third-order valence-corrected chi connectivity index (χ3v) is 5.92. The van der Waals surface area contributed by atoms with Gasteiger partial charge in [-0.05, 0) is 49.8 Å². The largest absolute Gasteiger partial charge is 0.365 e. The summed E-state index contributed by atoms with van der Waals surface area (Å²) in [6.45, 7) is 12.8. The first-order chi connectivity index (χ1) is 18.0. The quantitative estimate of drug-likeness (QED) is 0.383. The second-order valence-electron chi connectivity index (χ2n) is 7.84. The minimum atomic E-state index is -0.162. The second-order valence-corrected chi connectivity index (χ2v) is 8.25. The van der Waals surface area contributed by atoms with Gasteiger partial charge < -0.3 is 5.32 Å².